The fourth-order valence-electron chi connectivity index (χ4n) is 1.10. The predicted molar refractivity (Wildman–Crippen MR) is 50.2 cm³/mol. The van der Waals surface area contributed by atoms with Crippen LogP contribution in [0, 0.1) is 0 Å². The lowest BCUT2D eigenvalue weighted by molar-refractivity contribution is 0.368. The molecule has 1 aromatic heterocycles. The molecule has 0 N–H and O–H groups in total. The molecule has 5 nitrogen and oxygen atoms in total. The zero-order valence-electron chi connectivity index (χ0n) is 8.35. The Bertz CT molecular complexity index is 393. The largest absolute Gasteiger partial charge is 0.361 e. The summed E-state index contributed by atoms with van der Waals surface area (Å²) in [6, 6.07) is 0. The lowest BCUT2D eigenvalue weighted by Gasteiger charge is -2.03. The van der Waals surface area contributed by atoms with E-state index in [1.165, 1.54) is 6.20 Å². The van der Waals surface area contributed by atoms with E-state index in [4.69, 9.17) is 4.52 Å². The van der Waals surface area contributed by atoms with Crippen LogP contribution >= 0.6 is 0 Å². The van der Waals surface area contributed by atoms with Gasteiger partial charge in [0.05, 0.1) is 13.3 Å². The quantitative estimate of drug-likeness (QED) is 0.713. The van der Waals surface area contributed by atoms with Crippen molar-refractivity contribution in [3.63, 3.8) is 0 Å². The van der Waals surface area contributed by atoms with Crippen LogP contribution in [0.2, 0.25) is 0 Å². The van der Waals surface area contributed by atoms with E-state index >= 15 is 0 Å². The van der Waals surface area contributed by atoms with E-state index in [0.717, 1.165) is 7.11 Å². The van der Waals surface area contributed by atoms with Crippen LogP contribution in [-0.2, 0) is 20.1 Å². The molecule has 1 heterocycles. The first-order chi connectivity index (χ1) is 6.46. The Labute approximate surface area is 83.2 Å². The van der Waals surface area contributed by atoms with Crippen molar-refractivity contribution in [1.82, 2.24) is 5.16 Å². The molecule has 14 heavy (non-hydrogen) atoms. The van der Waals surface area contributed by atoms with Gasteiger partial charge in [0.2, 0.25) is 0 Å². The number of hydrogen-bond acceptors (Lipinski definition) is 5. The van der Waals surface area contributed by atoms with Gasteiger partial charge >= 0.3 is 0 Å². The molecule has 1 aromatic rings. The van der Waals surface area contributed by atoms with Crippen molar-refractivity contribution < 1.29 is 17.1 Å². The molecule has 0 atom stereocenters. The summed E-state index contributed by atoms with van der Waals surface area (Å²) >= 11 is 0. The van der Waals surface area contributed by atoms with Crippen molar-refractivity contribution in [1.29, 1.82) is 0 Å². The van der Waals surface area contributed by atoms with Crippen molar-refractivity contribution >= 4 is 10.1 Å². The lowest BCUT2D eigenvalue weighted by atomic mass is 10.1. The van der Waals surface area contributed by atoms with Gasteiger partial charge in [-0.2, -0.15) is 8.42 Å². The lowest BCUT2D eigenvalue weighted by Crippen LogP contribution is -2.06. The second-order valence-corrected chi connectivity index (χ2v) is 4.98. The molecule has 0 saturated heterocycles. The molecule has 0 fully saturated rings. The molecule has 0 saturated carbocycles. The molecule has 0 radical (unpaired) electrons. The minimum Gasteiger partial charge on any atom is -0.361 e. The third-order valence-corrected chi connectivity index (χ3v) is 2.96. The molecule has 0 spiro atoms. The molecular formula is C8H13NO4S. The van der Waals surface area contributed by atoms with Gasteiger partial charge in [-0.3, -0.25) is 4.18 Å². The van der Waals surface area contributed by atoms with Crippen LogP contribution in [0.3, 0.4) is 0 Å². The van der Waals surface area contributed by atoms with Crippen molar-refractivity contribution in [2.24, 2.45) is 0 Å². The molecule has 0 aliphatic rings. The maximum atomic E-state index is 11.1. The Hall–Kier alpha value is -0.880. The van der Waals surface area contributed by atoms with Crippen LogP contribution in [-0.4, -0.2) is 20.7 Å². The molecule has 0 amide bonds. The Balaban J connectivity index is 2.93. The molecular weight excluding hydrogens is 206 g/mol. The van der Waals surface area contributed by atoms with E-state index in [2.05, 4.69) is 9.34 Å². The average Bonchev–Trinajstić information content (AvgIpc) is 2.51. The van der Waals surface area contributed by atoms with Crippen LogP contribution in [0.25, 0.3) is 0 Å². The van der Waals surface area contributed by atoms with Crippen molar-refractivity contribution in [3.05, 3.63) is 17.5 Å². The maximum absolute atomic E-state index is 11.1. The third kappa shape index (κ3) is 2.55. The second kappa shape index (κ2) is 4.10. The van der Waals surface area contributed by atoms with Gasteiger partial charge in [-0.05, 0) is 0 Å². The highest BCUT2D eigenvalue weighted by Gasteiger charge is 2.18. The molecule has 0 aliphatic heterocycles. The summed E-state index contributed by atoms with van der Waals surface area (Å²) in [5.74, 6) is 0.505. The first kappa shape index (κ1) is 11.2. The molecule has 0 aliphatic carbocycles. The van der Waals surface area contributed by atoms with Gasteiger partial charge in [0.1, 0.15) is 11.5 Å². The number of aromatic nitrogens is 1. The van der Waals surface area contributed by atoms with E-state index in [1.54, 1.807) is 0 Å². The summed E-state index contributed by atoms with van der Waals surface area (Å²) in [5.41, 5.74) is 0.557. The zero-order valence-corrected chi connectivity index (χ0v) is 9.17. The van der Waals surface area contributed by atoms with Crippen LogP contribution in [0.1, 0.15) is 31.1 Å². The summed E-state index contributed by atoms with van der Waals surface area (Å²) < 4.78 is 31.6. The highest BCUT2D eigenvalue weighted by molar-refractivity contribution is 7.85. The van der Waals surface area contributed by atoms with Crippen molar-refractivity contribution in [2.45, 2.75) is 25.5 Å². The third-order valence-electron chi connectivity index (χ3n) is 1.79. The Kier molecular flexibility index (Phi) is 3.28. The van der Waals surface area contributed by atoms with E-state index in [0.29, 0.717) is 11.3 Å². The van der Waals surface area contributed by atoms with Gasteiger partial charge < -0.3 is 4.52 Å². The molecule has 1 rings (SSSR count). The van der Waals surface area contributed by atoms with Crippen molar-refractivity contribution in [3.8, 4) is 0 Å². The van der Waals surface area contributed by atoms with Gasteiger partial charge in [0, 0.05) is 11.5 Å². The standard InChI is InChI=1S/C8H13NO4S/c1-6(2)8-7(4-9-13-8)5-14(10,11)12-3/h4,6H,5H2,1-3H3. The van der Waals surface area contributed by atoms with Gasteiger partial charge in [0.15, 0.2) is 0 Å². The minimum absolute atomic E-state index is 0.111. The van der Waals surface area contributed by atoms with Gasteiger partial charge in [-0.15, -0.1) is 0 Å². The fourth-order valence-corrected chi connectivity index (χ4v) is 1.82. The monoisotopic (exact) mass is 219 g/mol. The minimum atomic E-state index is -3.50. The topological polar surface area (TPSA) is 69.4 Å². The highest BCUT2D eigenvalue weighted by Crippen LogP contribution is 2.20. The number of rotatable bonds is 4. The summed E-state index contributed by atoms with van der Waals surface area (Å²) in [5, 5.41) is 3.57. The fraction of sp³-hybridized carbons (Fsp3) is 0.625. The Morgan fingerprint density at radius 3 is 2.71 bits per heavy atom. The Morgan fingerprint density at radius 2 is 2.21 bits per heavy atom. The Morgan fingerprint density at radius 1 is 1.57 bits per heavy atom. The summed E-state index contributed by atoms with van der Waals surface area (Å²) in [7, 11) is -2.36. The summed E-state index contributed by atoms with van der Waals surface area (Å²) in [6.45, 7) is 3.81. The van der Waals surface area contributed by atoms with Gasteiger partial charge in [-0.1, -0.05) is 19.0 Å². The molecule has 6 heteroatoms. The van der Waals surface area contributed by atoms with Crippen LogP contribution in [0.5, 0.6) is 0 Å². The van der Waals surface area contributed by atoms with Gasteiger partial charge in [-0.25, -0.2) is 0 Å². The van der Waals surface area contributed by atoms with E-state index in [9.17, 15) is 8.42 Å². The summed E-state index contributed by atoms with van der Waals surface area (Å²) in [4.78, 5) is 0. The van der Waals surface area contributed by atoms with Crippen molar-refractivity contribution in [2.75, 3.05) is 7.11 Å². The van der Waals surface area contributed by atoms with Crippen LogP contribution in [0.15, 0.2) is 10.7 Å². The molecule has 0 unspecified atom stereocenters. The van der Waals surface area contributed by atoms with E-state index in [-0.39, 0.29) is 11.7 Å². The molecule has 80 valence electrons. The maximum Gasteiger partial charge on any atom is 0.271 e. The number of hydrogen-bond donors (Lipinski definition) is 0. The van der Waals surface area contributed by atoms with Crippen LogP contribution < -0.4 is 0 Å². The number of nitrogens with zero attached hydrogens (tertiary/aromatic N) is 1. The second-order valence-electron chi connectivity index (χ2n) is 3.24. The highest BCUT2D eigenvalue weighted by atomic mass is 32.2. The molecule has 0 bridgehead atoms. The van der Waals surface area contributed by atoms with Crippen LogP contribution in [0.4, 0.5) is 0 Å². The molecule has 0 aromatic carbocycles. The SMILES string of the molecule is COS(=O)(=O)Cc1cnoc1C(C)C. The van der Waals surface area contributed by atoms with E-state index in [1.807, 2.05) is 13.8 Å². The summed E-state index contributed by atoms with van der Waals surface area (Å²) in [6.07, 6.45) is 1.41. The average molecular weight is 219 g/mol. The first-order valence-electron chi connectivity index (χ1n) is 4.18. The van der Waals surface area contributed by atoms with Gasteiger partial charge in [0.25, 0.3) is 10.1 Å². The normalized spacial score (nSPS) is 12.3. The van der Waals surface area contributed by atoms with E-state index < -0.39 is 10.1 Å². The zero-order chi connectivity index (χ0) is 10.8. The smallest absolute Gasteiger partial charge is 0.271 e. The first-order valence-corrected chi connectivity index (χ1v) is 5.75. The predicted octanol–water partition coefficient (Wildman–Crippen LogP) is 1.27.